The van der Waals surface area contributed by atoms with Crippen LogP contribution >= 0.6 is 27.5 Å². The zero-order valence-electron chi connectivity index (χ0n) is 8.05. The average Bonchev–Trinajstić information content (AvgIpc) is 2.27. The predicted molar refractivity (Wildman–Crippen MR) is 66.2 cm³/mol. The van der Waals surface area contributed by atoms with Crippen LogP contribution < -0.4 is 0 Å². The summed E-state index contributed by atoms with van der Waals surface area (Å²) in [5.74, 6) is -0.415. The van der Waals surface area contributed by atoms with Crippen molar-refractivity contribution in [3.63, 3.8) is 0 Å². The number of halogens is 3. The molecule has 2 rings (SSSR count). The second kappa shape index (κ2) is 4.44. The van der Waals surface area contributed by atoms with Gasteiger partial charge in [-0.15, -0.1) is 0 Å². The van der Waals surface area contributed by atoms with E-state index in [1.807, 2.05) is 0 Å². The molecule has 0 heterocycles. The second-order valence-electron chi connectivity index (χ2n) is 3.24. The van der Waals surface area contributed by atoms with E-state index in [0.29, 0.717) is 20.6 Å². The molecule has 0 saturated heterocycles. The van der Waals surface area contributed by atoms with Gasteiger partial charge in [-0.3, -0.25) is 0 Å². The van der Waals surface area contributed by atoms with E-state index in [-0.39, 0.29) is 5.75 Å². The SMILES string of the molecule is Oc1ccc(Cl)c(Br)c1-c1ccccc1F. The highest BCUT2D eigenvalue weighted by atomic mass is 79.9. The van der Waals surface area contributed by atoms with Crippen molar-refractivity contribution in [2.24, 2.45) is 0 Å². The Morgan fingerprint density at radius 3 is 2.50 bits per heavy atom. The van der Waals surface area contributed by atoms with E-state index in [1.165, 1.54) is 12.1 Å². The van der Waals surface area contributed by atoms with Crippen molar-refractivity contribution in [2.45, 2.75) is 0 Å². The largest absolute Gasteiger partial charge is 0.507 e. The van der Waals surface area contributed by atoms with Crippen LogP contribution in [0.15, 0.2) is 40.9 Å². The zero-order chi connectivity index (χ0) is 11.7. The predicted octanol–water partition coefficient (Wildman–Crippen LogP) is 4.61. The summed E-state index contributed by atoms with van der Waals surface area (Å²) in [5.41, 5.74) is 0.681. The lowest BCUT2D eigenvalue weighted by atomic mass is 10.0. The average molecular weight is 302 g/mol. The molecule has 82 valence electrons. The van der Waals surface area contributed by atoms with E-state index in [9.17, 15) is 9.50 Å². The number of hydrogen-bond acceptors (Lipinski definition) is 1. The molecule has 4 heteroatoms. The van der Waals surface area contributed by atoms with Gasteiger partial charge in [0.15, 0.2) is 0 Å². The minimum absolute atomic E-state index is 0.0126. The molecule has 0 spiro atoms. The molecule has 0 unspecified atom stereocenters. The van der Waals surface area contributed by atoms with Gasteiger partial charge in [-0.25, -0.2) is 4.39 Å². The number of aromatic hydroxyl groups is 1. The first kappa shape index (κ1) is 11.4. The van der Waals surface area contributed by atoms with Crippen LogP contribution in [0.1, 0.15) is 0 Å². The van der Waals surface area contributed by atoms with Gasteiger partial charge in [-0.2, -0.15) is 0 Å². The molecular formula is C12H7BrClFO. The first-order chi connectivity index (χ1) is 7.61. The minimum atomic E-state index is -0.402. The fourth-order valence-electron chi connectivity index (χ4n) is 1.46. The first-order valence-corrected chi connectivity index (χ1v) is 5.70. The van der Waals surface area contributed by atoms with Crippen LogP contribution in [0.5, 0.6) is 5.75 Å². The van der Waals surface area contributed by atoms with Gasteiger partial charge >= 0.3 is 0 Å². The molecular weight excluding hydrogens is 294 g/mol. The topological polar surface area (TPSA) is 20.2 Å². The second-order valence-corrected chi connectivity index (χ2v) is 4.44. The van der Waals surface area contributed by atoms with Crippen molar-refractivity contribution in [3.8, 4) is 16.9 Å². The monoisotopic (exact) mass is 300 g/mol. The number of benzene rings is 2. The first-order valence-electron chi connectivity index (χ1n) is 4.53. The van der Waals surface area contributed by atoms with Gasteiger partial charge in [0.25, 0.3) is 0 Å². The Labute approximate surface area is 106 Å². The lowest BCUT2D eigenvalue weighted by Gasteiger charge is -2.09. The molecule has 2 aromatic rings. The molecule has 0 atom stereocenters. The van der Waals surface area contributed by atoms with Crippen molar-refractivity contribution in [2.75, 3.05) is 0 Å². The van der Waals surface area contributed by atoms with Crippen LogP contribution in [0.2, 0.25) is 5.02 Å². The summed E-state index contributed by atoms with van der Waals surface area (Å²) in [7, 11) is 0. The summed E-state index contributed by atoms with van der Waals surface area (Å²) in [4.78, 5) is 0. The standard InChI is InChI=1S/C12H7BrClFO/c13-12-8(14)5-6-10(16)11(12)7-3-1-2-4-9(7)15/h1-6,16H. The van der Waals surface area contributed by atoms with Gasteiger partial charge in [-0.1, -0.05) is 29.8 Å². The van der Waals surface area contributed by atoms with Crippen LogP contribution in [0, 0.1) is 5.82 Å². The third-order valence-electron chi connectivity index (χ3n) is 2.22. The van der Waals surface area contributed by atoms with Gasteiger partial charge in [-0.05, 0) is 34.1 Å². The molecule has 2 aromatic carbocycles. The minimum Gasteiger partial charge on any atom is -0.507 e. The molecule has 0 amide bonds. The van der Waals surface area contributed by atoms with Crippen LogP contribution in [0.4, 0.5) is 4.39 Å². The summed E-state index contributed by atoms with van der Waals surface area (Å²) in [6.07, 6.45) is 0. The molecule has 1 nitrogen and oxygen atoms in total. The highest BCUT2D eigenvalue weighted by Gasteiger charge is 2.14. The molecule has 0 aliphatic carbocycles. The van der Waals surface area contributed by atoms with E-state index >= 15 is 0 Å². The molecule has 0 bridgehead atoms. The van der Waals surface area contributed by atoms with Gasteiger partial charge in [0.2, 0.25) is 0 Å². The summed E-state index contributed by atoms with van der Waals surface area (Å²) in [6, 6.07) is 9.20. The van der Waals surface area contributed by atoms with E-state index in [2.05, 4.69) is 15.9 Å². The molecule has 0 fully saturated rings. The number of phenols is 1. The van der Waals surface area contributed by atoms with Crippen LogP contribution in [-0.4, -0.2) is 5.11 Å². The van der Waals surface area contributed by atoms with Crippen LogP contribution in [-0.2, 0) is 0 Å². The van der Waals surface area contributed by atoms with E-state index in [0.717, 1.165) is 0 Å². The lowest BCUT2D eigenvalue weighted by Crippen LogP contribution is -1.86. The van der Waals surface area contributed by atoms with Crippen molar-refractivity contribution in [3.05, 3.63) is 51.7 Å². The lowest BCUT2D eigenvalue weighted by molar-refractivity contribution is 0.476. The highest BCUT2D eigenvalue weighted by molar-refractivity contribution is 9.10. The maximum Gasteiger partial charge on any atom is 0.131 e. The molecule has 1 N–H and O–H groups in total. The van der Waals surface area contributed by atoms with Gasteiger partial charge in [0.05, 0.1) is 5.02 Å². The van der Waals surface area contributed by atoms with Gasteiger partial charge in [0, 0.05) is 15.6 Å². The fraction of sp³-hybridized carbons (Fsp3) is 0. The normalized spacial score (nSPS) is 10.4. The Morgan fingerprint density at radius 2 is 1.81 bits per heavy atom. The molecule has 0 aromatic heterocycles. The summed E-state index contributed by atoms with van der Waals surface area (Å²) >= 11 is 9.15. The Morgan fingerprint density at radius 1 is 1.12 bits per heavy atom. The smallest absolute Gasteiger partial charge is 0.131 e. The van der Waals surface area contributed by atoms with E-state index < -0.39 is 5.82 Å². The van der Waals surface area contributed by atoms with Crippen LogP contribution in [0.3, 0.4) is 0 Å². The van der Waals surface area contributed by atoms with Crippen LogP contribution in [0.25, 0.3) is 11.1 Å². The maximum absolute atomic E-state index is 13.6. The van der Waals surface area contributed by atoms with E-state index in [4.69, 9.17) is 11.6 Å². The van der Waals surface area contributed by atoms with E-state index in [1.54, 1.807) is 24.3 Å². The third kappa shape index (κ3) is 1.93. The molecule has 0 radical (unpaired) electrons. The number of hydrogen-bond donors (Lipinski definition) is 1. The van der Waals surface area contributed by atoms with Crippen molar-refractivity contribution in [1.29, 1.82) is 0 Å². The van der Waals surface area contributed by atoms with Gasteiger partial charge < -0.3 is 5.11 Å². The number of rotatable bonds is 1. The quantitative estimate of drug-likeness (QED) is 0.815. The highest BCUT2D eigenvalue weighted by Crippen LogP contribution is 2.41. The Balaban J connectivity index is 2.74. The molecule has 0 aliphatic rings. The maximum atomic E-state index is 13.6. The Hall–Kier alpha value is -1.06. The van der Waals surface area contributed by atoms with Crippen molar-refractivity contribution < 1.29 is 9.50 Å². The summed E-state index contributed by atoms with van der Waals surface area (Å²) in [5, 5.41) is 10.2. The van der Waals surface area contributed by atoms with Crippen molar-refractivity contribution in [1.82, 2.24) is 0 Å². The summed E-state index contributed by atoms with van der Waals surface area (Å²) in [6.45, 7) is 0. The molecule has 0 aliphatic heterocycles. The Kier molecular flexibility index (Phi) is 3.17. The van der Waals surface area contributed by atoms with Gasteiger partial charge in [0.1, 0.15) is 11.6 Å². The Bertz CT molecular complexity index is 543. The molecule has 16 heavy (non-hydrogen) atoms. The number of phenolic OH excluding ortho intramolecular Hbond substituents is 1. The van der Waals surface area contributed by atoms with Crippen molar-refractivity contribution >= 4 is 27.5 Å². The summed E-state index contributed by atoms with van der Waals surface area (Å²) < 4.78 is 14.1. The fourth-order valence-corrected chi connectivity index (χ4v) is 2.17. The zero-order valence-corrected chi connectivity index (χ0v) is 10.4. The third-order valence-corrected chi connectivity index (χ3v) is 3.58. The molecule has 0 saturated carbocycles.